The molecule has 0 saturated heterocycles. The third kappa shape index (κ3) is 3.22. The maximum Gasteiger partial charge on any atom is 0.272 e. The number of nitrogens with one attached hydrogen (secondary N) is 1. The number of aromatic nitrogens is 2. The molecule has 3 N–H and O–H groups in total. The number of carbonyl (C=O) groups excluding carboxylic acids is 1. The predicted octanol–water partition coefficient (Wildman–Crippen LogP) is 1.76. The summed E-state index contributed by atoms with van der Waals surface area (Å²) in [5.74, 6) is -0.211. The molecule has 0 saturated carbocycles. The Bertz CT molecular complexity index is 598. The van der Waals surface area contributed by atoms with Gasteiger partial charge in [-0.1, -0.05) is 12.2 Å². The molecule has 5 heteroatoms. The lowest BCUT2D eigenvalue weighted by molar-refractivity contribution is 0.0951. The standard InChI is InChI=1S/C14H16N4O/c1-10(2)9-16-14(19)13-7-8-18(17-13)12-5-3-11(15)4-6-12/h3-8H,1,9,15H2,2H3,(H,16,19). The van der Waals surface area contributed by atoms with E-state index in [4.69, 9.17) is 5.73 Å². The van der Waals surface area contributed by atoms with E-state index in [0.717, 1.165) is 11.3 Å². The quantitative estimate of drug-likeness (QED) is 0.646. The highest BCUT2D eigenvalue weighted by Gasteiger charge is 2.09. The van der Waals surface area contributed by atoms with Gasteiger partial charge in [0.1, 0.15) is 0 Å². The normalized spacial score (nSPS) is 10.2. The van der Waals surface area contributed by atoms with Crippen molar-refractivity contribution in [2.45, 2.75) is 6.92 Å². The van der Waals surface area contributed by atoms with Crippen LogP contribution in [0.25, 0.3) is 5.69 Å². The summed E-state index contributed by atoms with van der Waals surface area (Å²) in [6, 6.07) is 8.94. The van der Waals surface area contributed by atoms with Gasteiger partial charge in [0.15, 0.2) is 5.69 Å². The monoisotopic (exact) mass is 256 g/mol. The summed E-state index contributed by atoms with van der Waals surface area (Å²) in [6.07, 6.45) is 1.74. The second kappa shape index (κ2) is 5.39. The Morgan fingerprint density at radius 3 is 2.68 bits per heavy atom. The Morgan fingerprint density at radius 2 is 2.05 bits per heavy atom. The Labute approximate surface area is 111 Å². The Kier molecular flexibility index (Phi) is 3.66. The van der Waals surface area contributed by atoms with Crippen molar-refractivity contribution in [1.82, 2.24) is 15.1 Å². The molecule has 0 spiro atoms. The van der Waals surface area contributed by atoms with Crippen molar-refractivity contribution < 1.29 is 4.79 Å². The summed E-state index contributed by atoms with van der Waals surface area (Å²) < 4.78 is 1.63. The van der Waals surface area contributed by atoms with Crippen LogP contribution in [0.15, 0.2) is 48.7 Å². The molecule has 1 aromatic carbocycles. The number of benzene rings is 1. The first-order chi connectivity index (χ1) is 9.06. The van der Waals surface area contributed by atoms with E-state index in [1.165, 1.54) is 0 Å². The van der Waals surface area contributed by atoms with Gasteiger partial charge in [0.2, 0.25) is 0 Å². The van der Waals surface area contributed by atoms with Crippen LogP contribution in [0.4, 0.5) is 5.69 Å². The highest BCUT2D eigenvalue weighted by molar-refractivity contribution is 5.92. The molecule has 0 aliphatic carbocycles. The van der Waals surface area contributed by atoms with Gasteiger partial charge in [0, 0.05) is 18.4 Å². The lowest BCUT2D eigenvalue weighted by Crippen LogP contribution is -2.25. The second-order valence-corrected chi connectivity index (χ2v) is 4.38. The van der Waals surface area contributed by atoms with E-state index in [0.29, 0.717) is 17.9 Å². The summed E-state index contributed by atoms with van der Waals surface area (Å²) >= 11 is 0. The van der Waals surface area contributed by atoms with Gasteiger partial charge in [-0.3, -0.25) is 4.79 Å². The first kappa shape index (κ1) is 12.9. The molecule has 98 valence electrons. The number of hydrogen-bond donors (Lipinski definition) is 2. The number of carbonyl (C=O) groups is 1. The van der Waals surface area contributed by atoms with Gasteiger partial charge in [0.05, 0.1) is 5.69 Å². The van der Waals surface area contributed by atoms with Crippen molar-refractivity contribution in [3.63, 3.8) is 0 Å². The zero-order chi connectivity index (χ0) is 13.8. The minimum absolute atomic E-state index is 0.211. The van der Waals surface area contributed by atoms with Gasteiger partial charge in [0.25, 0.3) is 5.91 Å². The molecule has 2 rings (SSSR count). The molecule has 0 aliphatic rings. The first-order valence-electron chi connectivity index (χ1n) is 5.90. The molecular weight excluding hydrogens is 240 g/mol. The number of nitrogens with two attached hydrogens (primary N) is 1. The van der Waals surface area contributed by atoms with Crippen molar-refractivity contribution in [3.05, 3.63) is 54.4 Å². The van der Waals surface area contributed by atoms with E-state index < -0.39 is 0 Å². The lowest BCUT2D eigenvalue weighted by Gasteiger charge is -2.03. The highest BCUT2D eigenvalue weighted by atomic mass is 16.1. The molecule has 5 nitrogen and oxygen atoms in total. The molecule has 0 unspecified atom stereocenters. The van der Waals surface area contributed by atoms with Crippen LogP contribution in [-0.2, 0) is 0 Å². The summed E-state index contributed by atoms with van der Waals surface area (Å²) in [4.78, 5) is 11.8. The molecule has 0 atom stereocenters. The third-order valence-electron chi connectivity index (χ3n) is 2.53. The van der Waals surface area contributed by atoms with Crippen molar-refractivity contribution in [2.75, 3.05) is 12.3 Å². The summed E-state index contributed by atoms with van der Waals surface area (Å²) in [5, 5.41) is 6.96. The number of amides is 1. The van der Waals surface area contributed by atoms with Crippen molar-refractivity contribution in [3.8, 4) is 5.69 Å². The fourth-order valence-electron chi connectivity index (χ4n) is 1.54. The van der Waals surface area contributed by atoms with E-state index in [1.54, 1.807) is 29.1 Å². The molecule has 1 amide bonds. The number of rotatable bonds is 4. The number of nitrogen functional groups attached to an aromatic ring is 1. The van der Waals surface area contributed by atoms with Crippen LogP contribution >= 0.6 is 0 Å². The van der Waals surface area contributed by atoms with E-state index in [-0.39, 0.29) is 5.91 Å². The molecule has 2 aromatic rings. The van der Waals surface area contributed by atoms with Gasteiger partial charge in [-0.15, -0.1) is 0 Å². The molecule has 0 fully saturated rings. The van der Waals surface area contributed by atoms with Crippen LogP contribution < -0.4 is 11.1 Å². The molecule has 1 aromatic heterocycles. The molecule has 19 heavy (non-hydrogen) atoms. The highest BCUT2D eigenvalue weighted by Crippen LogP contribution is 2.10. The van der Waals surface area contributed by atoms with Crippen molar-refractivity contribution in [2.24, 2.45) is 0 Å². The van der Waals surface area contributed by atoms with E-state index in [9.17, 15) is 4.79 Å². The van der Waals surface area contributed by atoms with Gasteiger partial charge >= 0.3 is 0 Å². The largest absolute Gasteiger partial charge is 0.399 e. The van der Waals surface area contributed by atoms with Crippen LogP contribution in [0.3, 0.4) is 0 Å². The molecule has 0 radical (unpaired) electrons. The smallest absolute Gasteiger partial charge is 0.272 e. The van der Waals surface area contributed by atoms with Gasteiger partial charge < -0.3 is 11.1 Å². The SMILES string of the molecule is C=C(C)CNC(=O)c1ccn(-c2ccc(N)cc2)n1. The Balaban J connectivity index is 2.12. The third-order valence-corrected chi connectivity index (χ3v) is 2.53. The Hall–Kier alpha value is -2.56. The summed E-state index contributed by atoms with van der Waals surface area (Å²) in [6.45, 7) is 6.04. The minimum Gasteiger partial charge on any atom is -0.399 e. The van der Waals surface area contributed by atoms with Crippen molar-refractivity contribution >= 4 is 11.6 Å². The zero-order valence-corrected chi connectivity index (χ0v) is 10.8. The number of hydrogen-bond acceptors (Lipinski definition) is 3. The second-order valence-electron chi connectivity index (χ2n) is 4.38. The fraction of sp³-hybridized carbons (Fsp3) is 0.143. The Morgan fingerprint density at radius 1 is 1.37 bits per heavy atom. The first-order valence-corrected chi connectivity index (χ1v) is 5.90. The minimum atomic E-state index is -0.211. The fourth-order valence-corrected chi connectivity index (χ4v) is 1.54. The average molecular weight is 256 g/mol. The number of anilines is 1. The van der Waals surface area contributed by atoms with Crippen LogP contribution in [0.1, 0.15) is 17.4 Å². The molecular formula is C14H16N4O. The predicted molar refractivity (Wildman–Crippen MR) is 75.1 cm³/mol. The van der Waals surface area contributed by atoms with Gasteiger partial charge in [-0.25, -0.2) is 4.68 Å². The molecule has 0 bridgehead atoms. The topological polar surface area (TPSA) is 72.9 Å². The van der Waals surface area contributed by atoms with Crippen LogP contribution in [0.5, 0.6) is 0 Å². The molecule has 1 heterocycles. The maximum atomic E-state index is 11.8. The van der Waals surface area contributed by atoms with Crippen LogP contribution in [0, 0.1) is 0 Å². The average Bonchev–Trinajstić information content (AvgIpc) is 2.86. The van der Waals surface area contributed by atoms with E-state index in [2.05, 4.69) is 17.0 Å². The van der Waals surface area contributed by atoms with Crippen LogP contribution in [-0.4, -0.2) is 22.2 Å². The molecule has 0 aliphatic heterocycles. The van der Waals surface area contributed by atoms with Crippen LogP contribution in [0.2, 0.25) is 0 Å². The van der Waals surface area contributed by atoms with Crippen molar-refractivity contribution in [1.29, 1.82) is 0 Å². The van der Waals surface area contributed by atoms with Gasteiger partial charge in [-0.05, 0) is 37.3 Å². The van der Waals surface area contributed by atoms with E-state index in [1.807, 2.05) is 19.1 Å². The van der Waals surface area contributed by atoms with Gasteiger partial charge in [-0.2, -0.15) is 5.10 Å². The summed E-state index contributed by atoms with van der Waals surface area (Å²) in [5.41, 5.74) is 8.44. The zero-order valence-electron chi connectivity index (χ0n) is 10.8. The van der Waals surface area contributed by atoms with E-state index >= 15 is 0 Å². The summed E-state index contributed by atoms with van der Waals surface area (Å²) in [7, 11) is 0. The number of nitrogens with zero attached hydrogens (tertiary/aromatic N) is 2. The maximum absolute atomic E-state index is 11.8. The lowest BCUT2D eigenvalue weighted by atomic mass is 10.3.